The summed E-state index contributed by atoms with van der Waals surface area (Å²) in [4.78, 5) is 4.70. The number of ether oxygens (including phenoxy) is 1. The monoisotopic (exact) mass is 402 g/mol. The van der Waals surface area contributed by atoms with Gasteiger partial charge in [-0.05, 0) is 43.2 Å². The number of nitrogens with zero attached hydrogens (tertiary/aromatic N) is 1. The molecule has 0 fully saturated rings. The van der Waals surface area contributed by atoms with Crippen molar-refractivity contribution in [2.75, 3.05) is 11.9 Å². The van der Waals surface area contributed by atoms with Gasteiger partial charge in [0.15, 0.2) is 5.13 Å². The third kappa shape index (κ3) is 4.23. The van der Waals surface area contributed by atoms with E-state index < -0.39 is 0 Å². The summed E-state index contributed by atoms with van der Waals surface area (Å²) >= 11 is 5.07. The summed E-state index contributed by atoms with van der Waals surface area (Å²) in [7, 11) is 0. The molecule has 0 aliphatic rings. The van der Waals surface area contributed by atoms with Crippen molar-refractivity contribution in [3.8, 4) is 11.3 Å². The SMILES string of the molecule is CCOCc1ccc(C)c(Nc2nc(-c3ccc(Br)cc3)cs2)c1. The van der Waals surface area contributed by atoms with E-state index in [0.717, 1.165) is 38.7 Å². The Hall–Kier alpha value is -1.69. The van der Waals surface area contributed by atoms with Crippen LogP contribution >= 0.6 is 27.3 Å². The lowest BCUT2D eigenvalue weighted by Crippen LogP contribution is -1.97. The second kappa shape index (κ2) is 7.92. The highest BCUT2D eigenvalue weighted by molar-refractivity contribution is 9.10. The summed E-state index contributed by atoms with van der Waals surface area (Å²) in [6, 6.07) is 14.5. The van der Waals surface area contributed by atoms with E-state index in [4.69, 9.17) is 9.72 Å². The first-order valence-electron chi connectivity index (χ1n) is 7.81. The van der Waals surface area contributed by atoms with Crippen LogP contribution in [-0.4, -0.2) is 11.6 Å². The van der Waals surface area contributed by atoms with E-state index >= 15 is 0 Å². The lowest BCUT2D eigenvalue weighted by Gasteiger charge is -2.09. The molecule has 1 N–H and O–H groups in total. The Morgan fingerprint density at radius 1 is 1.17 bits per heavy atom. The van der Waals surface area contributed by atoms with Crippen LogP contribution in [0.25, 0.3) is 11.3 Å². The minimum absolute atomic E-state index is 0.632. The lowest BCUT2D eigenvalue weighted by molar-refractivity contribution is 0.134. The fourth-order valence-corrected chi connectivity index (χ4v) is 3.31. The maximum atomic E-state index is 5.49. The number of hydrogen-bond donors (Lipinski definition) is 1. The van der Waals surface area contributed by atoms with Crippen molar-refractivity contribution in [1.29, 1.82) is 0 Å². The molecule has 24 heavy (non-hydrogen) atoms. The number of anilines is 2. The molecule has 0 saturated heterocycles. The molecule has 124 valence electrons. The van der Waals surface area contributed by atoms with Crippen LogP contribution in [-0.2, 0) is 11.3 Å². The van der Waals surface area contributed by atoms with Crippen LogP contribution in [0.2, 0.25) is 0 Å². The van der Waals surface area contributed by atoms with Crippen LogP contribution in [0, 0.1) is 6.92 Å². The van der Waals surface area contributed by atoms with Crippen LogP contribution in [0.1, 0.15) is 18.1 Å². The van der Waals surface area contributed by atoms with Crippen LogP contribution in [0.5, 0.6) is 0 Å². The summed E-state index contributed by atoms with van der Waals surface area (Å²) in [6.45, 7) is 5.45. The van der Waals surface area contributed by atoms with Gasteiger partial charge in [0.1, 0.15) is 0 Å². The molecule has 0 spiro atoms. The van der Waals surface area contributed by atoms with Gasteiger partial charge in [0.05, 0.1) is 12.3 Å². The summed E-state index contributed by atoms with van der Waals surface area (Å²) in [6.07, 6.45) is 0. The molecule has 0 amide bonds. The molecule has 0 radical (unpaired) electrons. The molecular formula is C19H19BrN2OS. The van der Waals surface area contributed by atoms with E-state index in [1.165, 1.54) is 5.56 Å². The largest absolute Gasteiger partial charge is 0.377 e. The molecule has 0 aliphatic carbocycles. The molecule has 2 aromatic carbocycles. The van der Waals surface area contributed by atoms with Crippen molar-refractivity contribution < 1.29 is 4.74 Å². The van der Waals surface area contributed by atoms with Gasteiger partial charge in [-0.2, -0.15) is 0 Å². The van der Waals surface area contributed by atoms with E-state index in [-0.39, 0.29) is 0 Å². The Balaban J connectivity index is 1.78. The van der Waals surface area contributed by atoms with E-state index in [1.807, 2.05) is 19.1 Å². The maximum Gasteiger partial charge on any atom is 0.187 e. The molecule has 3 aromatic rings. The van der Waals surface area contributed by atoms with Gasteiger partial charge in [-0.1, -0.05) is 40.2 Å². The lowest BCUT2D eigenvalue weighted by atomic mass is 10.1. The summed E-state index contributed by atoms with van der Waals surface area (Å²) in [5, 5.41) is 6.40. The van der Waals surface area contributed by atoms with Crippen molar-refractivity contribution in [1.82, 2.24) is 4.98 Å². The highest BCUT2D eigenvalue weighted by atomic mass is 79.9. The first-order valence-corrected chi connectivity index (χ1v) is 9.48. The van der Waals surface area contributed by atoms with E-state index in [1.54, 1.807) is 11.3 Å². The number of halogens is 1. The Morgan fingerprint density at radius 2 is 1.96 bits per heavy atom. The number of aromatic nitrogens is 1. The van der Waals surface area contributed by atoms with Gasteiger partial charge in [0.2, 0.25) is 0 Å². The topological polar surface area (TPSA) is 34.1 Å². The normalized spacial score (nSPS) is 10.8. The number of hydrogen-bond acceptors (Lipinski definition) is 4. The second-order valence-electron chi connectivity index (χ2n) is 5.46. The van der Waals surface area contributed by atoms with E-state index in [2.05, 4.69) is 63.9 Å². The Kier molecular flexibility index (Phi) is 5.66. The Morgan fingerprint density at radius 3 is 2.71 bits per heavy atom. The van der Waals surface area contributed by atoms with E-state index in [9.17, 15) is 0 Å². The molecule has 0 aliphatic heterocycles. The van der Waals surface area contributed by atoms with E-state index in [0.29, 0.717) is 6.61 Å². The van der Waals surface area contributed by atoms with Crippen molar-refractivity contribution in [3.05, 3.63) is 63.4 Å². The second-order valence-corrected chi connectivity index (χ2v) is 7.23. The summed E-state index contributed by atoms with van der Waals surface area (Å²) < 4.78 is 6.56. The number of thiazole rings is 1. The predicted octanol–water partition coefficient (Wildman–Crippen LogP) is 6.16. The maximum absolute atomic E-state index is 5.49. The third-order valence-electron chi connectivity index (χ3n) is 3.66. The van der Waals surface area contributed by atoms with Gasteiger partial charge >= 0.3 is 0 Å². The smallest absolute Gasteiger partial charge is 0.187 e. The predicted molar refractivity (Wildman–Crippen MR) is 105 cm³/mol. The molecule has 1 aromatic heterocycles. The van der Waals surface area contributed by atoms with Crippen molar-refractivity contribution in [2.24, 2.45) is 0 Å². The van der Waals surface area contributed by atoms with Crippen LogP contribution in [0.4, 0.5) is 10.8 Å². The zero-order valence-electron chi connectivity index (χ0n) is 13.7. The van der Waals surface area contributed by atoms with Gasteiger partial charge in [-0.15, -0.1) is 11.3 Å². The van der Waals surface area contributed by atoms with Gasteiger partial charge in [-0.3, -0.25) is 0 Å². The van der Waals surface area contributed by atoms with Gasteiger partial charge in [0.25, 0.3) is 0 Å². The quantitative estimate of drug-likeness (QED) is 0.535. The van der Waals surface area contributed by atoms with Crippen molar-refractivity contribution >= 4 is 38.1 Å². The molecule has 0 atom stereocenters. The highest BCUT2D eigenvalue weighted by Crippen LogP contribution is 2.29. The summed E-state index contributed by atoms with van der Waals surface area (Å²) in [5.74, 6) is 0. The van der Waals surface area contributed by atoms with Crippen molar-refractivity contribution in [3.63, 3.8) is 0 Å². The van der Waals surface area contributed by atoms with Gasteiger partial charge in [-0.25, -0.2) is 4.98 Å². The highest BCUT2D eigenvalue weighted by Gasteiger charge is 2.07. The van der Waals surface area contributed by atoms with Crippen molar-refractivity contribution in [2.45, 2.75) is 20.5 Å². The van der Waals surface area contributed by atoms with Crippen LogP contribution < -0.4 is 5.32 Å². The molecule has 5 heteroatoms. The average molecular weight is 403 g/mol. The number of nitrogens with one attached hydrogen (secondary N) is 1. The Bertz CT molecular complexity index is 814. The first-order chi connectivity index (χ1) is 11.7. The third-order valence-corrected chi connectivity index (χ3v) is 4.95. The first kappa shape index (κ1) is 17.1. The zero-order valence-corrected chi connectivity index (χ0v) is 16.1. The Labute approximate surface area is 154 Å². The standard InChI is InChI=1S/C19H19BrN2OS/c1-3-23-11-14-5-4-13(2)17(10-14)21-19-22-18(12-24-19)15-6-8-16(20)9-7-15/h4-10,12H,3,11H2,1-2H3,(H,21,22). The molecule has 0 saturated carbocycles. The van der Waals surface area contributed by atoms with Gasteiger partial charge < -0.3 is 10.1 Å². The molecule has 0 unspecified atom stereocenters. The molecule has 3 nitrogen and oxygen atoms in total. The molecule has 1 heterocycles. The summed E-state index contributed by atoms with van der Waals surface area (Å²) in [5.41, 5.74) is 5.52. The average Bonchev–Trinajstić information content (AvgIpc) is 3.05. The van der Waals surface area contributed by atoms with Gasteiger partial charge in [0, 0.05) is 27.7 Å². The minimum Gasteiger partial charge on any atom is -0.377 e. The number of benzene rings is 2. The van der Waals surface area contributed by atoms with Crippen LogP contribution in [0.3, 0.4) is 0 Å². The molecule has 3 rings (SSSR count). The zero-order chi connectivity index (χ0) is 16.9. The minimum atomic E-state index is 0.632. The fraction of sp³-hybridized carbons (Fsp3) is 0.211. The number of rotatable bonds is 6. The number of aryl methyl sites for hydroxylation is 1. The molecule has 0 bridgehead atoms. The van der Waals surface area contributed by atoms with Crippen LogP contribution in [0.15, 0.2) is 52.3 Å². The fourth-order valence-electron chi connectivity index (χ4n) is 2.31. The molecular weight excluding hydrogens is 384 g/mol.